The molecule has 0 aliphatic heterocycles. The van der Waals surface area contributed by atoms with E-state index in [-0.39, 0.29) is 6.04 Å². The highest BCUT2D eigenvalue weighted by molar-refractivity contribution is 7.86. The molecule has 1 unspecified atom stereocenters. The highest BCUT2D eigenvalue weighted by atomic mass is 32.2. The van der Waals surface area contributed by atoms with E-state index in [4.69, 9.17) is 0 Å². The Morgan fingerprint density at radius 3 is 2.19 bits per heavy atom. The van der Waals surface area contributed by atoms with Crippen LogP contribution in [0, 0.1) is 0 Å². The molecule has 0 aliphatic carbocycles. The van der Waals surface area contributed by atoms with E-state index in [9.17, 15) is 8.42 Å². The highest BCUT2D eigenvalue weighted by Gasteiger charge is 2.29. The van der Waals surface area contributed by atoms with E-state index in [1.54, 1.807) is 11.4 Å². The fraction of sp³-hybridized carbons (Fsp3) is 1.00. The molecule has 1 atom stereocenters. The van der Waals surface area contributed by atoms with Gasteiger partial charge < -0.3 is 10.2 Å². The Bertz CT molecular complexity index is 360. The van der Waals surface area contributed by atoms with Crippen molar-refractivity contribution >= 4 is 10.2 Å². The summed E-state index contributed by atoms with van der Waals surface area (Å²) in [6, 6.07) is -0.0318. The molecule has 0 aromatic carbocycles. The molecule has 7 heteroatoms. The second kappa shape index (κ2) is 10.5. The molecule has 0 aliphatic rings. The van der Waals surface area contributed by atoms with Gasteiger partial charge in [-0.1, -0.05) is 13.8 Å². The van der Waals surface area contributed by atoms with Gasteiger partial charge in [0.2, 0.25) is 0 Å². The molecule has 6 nitrogen and oxygen atoms in total. The van der Waals surface area contributed by atoms with Crippen LogP contribution in [0.4, 0.5) is 0 Å². The summed E-state index contributed by atoms with van der Waals surface area (Å²) in [5.41, 5.74) is 0. The summed E-state index contributed by atoms with van der Waals surface area (Å²) >= 11 is 0. The Hall–Kier alpha value is -0.210. The number of hydrogen-bond acceptors (Lipinski definition) is 4. The van der Waals surface area contributed by atoms with Crippen LogP contribution >= 0.6 is 0 Å². The van der Waals surface area contributed by atoms with Gasteiger partial charge in [0.15, 0.2) is 0 Å². The van der Waals surface area contributed by atoms with Gasteiger partial charge in [0, 0.05) is 32.7 Å². The summed E-state index contributed by atoms with van der Waals surface area (Å²) in [4.78, 5) is 2.01. The van der Waals surface area contributed by atoms with E-state index in [0.29, 0.717) is 13.1 Å². The lowest BCUT2D eigenvalue weighted by molar-refractivity contribution is 0.257. The van der Waals surface area contributed by atoms with Gasteiger partial charge in [0.1, 0.15) is 0 Å². The Balaban J connectivity index is 4.52. The van der Waals surface area contributed by atoms with Gasteiger partial charge in [-0.25, -0.2) is 0 Å². The number of rotatable bonds is 12. The van der Waals surface area contributed by atoms with Crippen molar-refractivity contribution in [3.8, 4) is 0 Å². The van der Waals surface area contributed by atoms with Gasteiger partial charge in [0.25, 0.3) is 10.2 Å². The predicted octanol–water partition coefficient (Wildman–Crippen LogP) is 0.825. The zero-order chi connectivity index (χ0) is 16.5. The first-order chi connectivity index (χ1) is 9.77. The third-order valence-corrected chi connectivity index (χ3v) is 5.56. The minimum Gasteiger partial charge on any atom is -0.317 e. The van der Waals surface area contributed by atoms with Crippen molar-refractivity contribution in [3.63, 3.8) is 0 Å². The minimum absolute atomic E-state index is 0.0318. The first-order valence-corrected chi connectivity index (χ1v) is 9.25. The number of hydrogen-bond donors (Lipinski definition) is 1. The van der Waals surface area contributed by atoms with Crippen LogP contribution in [0.1, 0.15) is 33.6 Å². The van der Waals surface area contributed by atoms with E-state index in [1.165, 1.54) is 4.31 Å². The fourth-order valence-electron chi connectivity index (χ4n) is 2.34. The highest BCUT2D eigenvalue weighted by Crippen LogP contribution is 2.12. The molecule has 0 bridgehead atoms. The summed E-state index contributed by atoms with van der Waals surface area (Å²) in [7, 11) is 2.21. The quantitative estimate of drug-likeness (QED) is 0.541. The largest absolute Gasteiger partial charge is 0.317 e. The van der Waals surface area contributed by atoms with E-state index in [2.05, 4.69) is 12.2 Å². The monoisotopic (exact) mass is 322 g/mol. The Morgan fingerprint density at radius 1 is 1.10 bits per heavy atom. The molecule has 0 saturated heterocycles. The summed E-state index contributed by atoms with van der Waals surface area (Å²) in [6.45, 7) is 9.57. The number of likely N-dealkylation sites (N-methyl/N-ethyl adjacent to an activating group) is 2. The van der Waals surface area contributed by atoms with Crippen molar-refractivity contribution < 1.29 is 8.42 Å². The van der Waals surface area contributed by atoms with Gasteiger partial charge in [-0.05, 0) is 47.0 Å². The van der Waals surface area contributed by atoms with Crippen LogP contribution in [0.3, 0.4) is 0 Å². The molecule has 0 rings (SSSR count). The second-order valence-corrected chi connectivity index (χ2v) is 7.74. The SMILES string of the molecule is CCCNCCCN(C)S(=O)(=O)N(CC)C(C)CN(C)C. The van der Waals surface area contributed by atoms with Crippen molar-refractivity contribution in [1.82, 2.24) is 18.8 Å². The third kappa shape index (κ3) is 7.56. The zero-order valence-electron chi connectivity index (χ0n) is 14.6. The van der Waals surface area contributed by atoms with Crippen LogP contribution in [0.25, 0.3) is 0 Å². The Morgan fingerprint density at radius 2 is 1.71 bits per heavy atom. The molecule has 0 heterocycles. The molecule has 0 fully saturated rings. The predicted molar refractivity (Wildman–Crippen MR) is 89.7 cm³/mol. The first-order valence-electron chi connectivity index (χ1n) is 7.85. The maximum atomic E-state index is 12.6. The van der Waals surface area contributed by atoms with Gasteiger partial charge in [-0.2, -0.15) is 17.0 Å². The molecule has 0 spiro atoms. The zero-order valence-corrected chi connectivity index (χ0v) is 15.4. The average Bonchev–Trinajstić information content (AvgIpc) is 2.37. The fourth-order valence-corrected chi connectivity index (χ4v) is 3.91. The molecule has 0 radical (unpaired) electrons. The van der Waals surface area contributed by atoms with E-state index in [1.807, 2.05) is 32.8 Å². The maximum Gasteiger partial charge on any atom is 0.282 e. The summed E-state index contributed by atoms with van der Waals surface area (Å²) < 4.78 is 28.3. The number of nitrogens with zero attached hydrogens (tertiary/aromatic N) is 3. The van der Waals surface area contributed by atoms with Gasteiger partial charge in [0.05, 0.1) is 0 Å². The van der Waals surface area contributed by atoms with Crippen LogP contribution in [-0.4, -0.2) is 81.8 Å². The average molecular weight is 323 g/mol. The van der Waals surface area contributed by atoms with Crippen LogP contribution in [0.15, 0.2) is 0 Å². The smallest absolute Gasteiger partial charge is 0.282 e. The Labute approximate surface area is 131 Å². The molecule has 0 amide bonds. The molecule has 0 aromatic heterocycles. The molecule has 1 N–H and O–H groups in total. The third-order valence-electron chi connectivity index (χ3n) is 3.38. The lowest BCUT2D eigenvalue weighted by Crippen LogP contribution is -2.49. The van der Waals surface area contributed by atoms with Crippen molar-refractivity contribution in [2.75, 3.05) is 53.9 Å². The molecule has 128 valence electrons. The van der Waals surface area contributed by atoms with E-state index < -0.39 is 10.2 Å². The lowest BCUT2D eigenvalue weighted by Gasteiger charge is -2.32. The standard InChI is InChI=1S/C14H34N4O2S/c1-7-10-15-11-9-12-17(6)21(19,20)18(8-2)14(3)13-16(4)5/h14-15H,7-13H2,1-6H3. The molecular weight excluding hydrogens is 288 g/mol. The van der Waals surface area contributed by atoms with Gasteiger partial charge >= 0.3 is 0 Å². The van der Waals surface area contributed by atoms with Crippen LogP contribution in [0.5, 0.6) is 0 Å². The maximum absolute atomic E-state index is 12.6. The van der Waals surface area contributed by atoms with Crippen molar-refractivity contribution in [3.05, 3.63) is 0 Å². The van der Waals surface area contributed by atoms with Crippen molar-refractivity contribution in [2.45, 2.75) is 39.7 Å². The van der Waals surface area contributed by atoms with Gasteiger partial charge in [-0.15, -0.1) is 0 Å². The van der Waals surface area contributed by atoms with Crippen molar-refractivity contribution in [1.29, 1.82) is 0 Å². The second-order valence-electron chi connectivity index (χ2n) is 5.75. The summed E-state index contributed by atoms with van der Waals surface area (Å²) in [5.74, 6) is 0. The van der Waals surface area contributed by atoms with Crippen LogP contribution in [-0.2, 0) is 10.2 Å². The molecule has 0 aromatic rings. The lowest BCUT2D eigenvalue weighted by atomic mass is 10.3. The normalized spacial score (nSPS) is 14.3. The summed E-state index contributed by atoms with van der Waals surface area (Å²) in [6.07, 6.45) is 1.93. The van der Waals surface area contributed by atoms with Crippen molar-refractivity contribution in [2.24, 2.45) is 0 Å². The molecule has 0 saturated carbocycles. The van der Waals surface area contributed by atoms with Crippen LogP contribution < -0.4 is 5.32 Å². The summed E-state index contributed by atoms with van der Waals surface area (Å²) in [5, 5.41) is 3.29. The minimum atomic E-state index is -3.38. The van der Waals surface area contributed by atoms with E-state index in [0.717, 1.165) is 32.5 Å². The molecule has 21 heavy (non-hydrogen) atoms. The topological polar surface area (TPSA) is 55.9 Å². The number of nitrogens with one attached hydrogen (secondary N) is 1. The van der Waals surface area contributed by atoms with E-state index >= 15 is 0 Å². The van der Waals surface area contributed by atoms with Gasteiger partial charge in [-0.3, -0.25) is 0 Å². The first kappa shape index (κ1) is 20.8. The molecular formula is C14H34N4O2S. The van der Waals surface area contributed by atoms with Crippen LogP contribution in [0.2, 0.25) is 0 Å². The Kier molecular flexibility index (Phi) is 10.4.